The first-order chi connectivity index (χ1) is 7.22. The van der Waals surface area contributed by atoms with Gasteiger partial charge >= 0.3 is 0 Å². The number of aliphatic hydroxyl groups is 1. The van der Waals surface area contributed by atoms with Crippen LogP contribution in [0.25, 0.3) is 0 Å². The van der Waals surface area contributed by atoms with Crippen LogP contribution >= 0.6 is 0 Å². The number of aliphatic hydroxyl groups excluding tert-OH is 1. The van der Waals surface area contributed by atoms with Crippen LogP contribution in [-0.4, -0.2) is 23.7 Å². The highest BCUT2D eigenvalue weighted by Gasteiger charge is 2.31. The van der Waals surface area contributed by atoms with E-state index in [1.807, 2.05) is 0 Å². The predicted molar refractivity (Wildman–Crippen MR) is 54.0 cm³/mol. The molecule has 4 heteroatoms. The molecule has 1 N–H and O–H groups in total. The van der Waals surface area contributed by atoms with Gasteiger partial charge in [-0.15, -0.1) is 0 Å². The summed E-state index contributed by atoms with van der Waals surface area (Å²) in [6.07, 6.45) is 1.11. The molecule has 1 aliphatic rings. The third-order valence-electron chi connectivity index (χ3n) is 2.64. The zero-order valence-corrected chi connectivity index (χ0v) is 8.19. The summed E-state index contributed by atoms with van der Waals surface area (Å²) in [6.45, 7) is -0.0525. The van der Waals surface area contributed by atoms with Crippen LogP contribution in [0.3, 0.4) is 0 Å². The number of anilines is 1. The number of rotatable bonds is 2. The van der Waals surface area contributed by atoms with Crippen LogP contribution in [0.1, 0.15) is 12.8 Å². The molecular formula is C11H12FNO2. The van der Waals surface area contributed by atoms with Crippen molar-refractivity contribution in [1.82, 2.24) is 0 Å². The molecular weight excluding hydrogens is 197 g/mol. The molecule has 0 bridgehead atoms. The highest BCUT2D eigenvalue weighted by Crippen LogP contribution is 2.26. The third-order valence-corrected chi connectivity index (χ3v) is 2.64. The van der Waals surface area contributed by atoms with Gasteiger partial charge in [0.2, 0.25) is 5.91 Å². The molecule has 1 aromatic rings. The van der Waals surface area contributed by atoms with E-state index in [-0.39, 0.29) is 24.4 Å². The Morgan fingerprint density at radius 3 is 2.67 bits per heavy atom. The molecule has 0 radical (unpaired) electrons. The largest absolute Gasteiger partial charge is 0.394 e. The van der Waals surface area contributed by atoms with Crippen molar-refractivity contribution in [2.45, 2.75) is 18.9 Å². The Kier molecular flexibility index (Phi) is 2.68. The Hall–Kier alpha value is -1.42. The lowest BCUT2D eigenvalue weighted by Gasteiger charge is -2.23. The van der Waals surface area contributed by atoms with Crippen LogP contribution in [0.15, 0.2) is 24.3 Å². The lowest BCUT2D eigenvalue weighted by Crippen LogP contribution is -2.35. The second-order valence-corrected chi connectivity index (χ2v) is 3.62. The van der Waals surface area contributed by atoms with Gasteiger partial charge in [0.05, 0.1) is 12.6 Å². The van der Waals surface area contributed by atoms with Crippen LogP contribution < -0.4 is 4.90 Å². The Bertz CT molecular complexity index is 363. The van der Waals surface area contributed by atoms with E-state index >= 15 is 0 Å². The van der Waals surface area contributed by atoms with E-state index in [1.165, 1.54) is 12.1 Å². The van der Waals surface area contributed by atoms with Crippen molar-refractivity contribution in [3.8, 4) is 0 Å². The Balaban J connectivity index is 2.28. The number of nitrogens with zero attached hydrogens (tertiary/aromatic N) is 1. The van der Waals surface area contributed by atoms with Gasteiger partial charge in [0.15, 0.2) is 0 Å². The van der Waals surface area contributed by atoms with Crippen molar-refractivity contribution in [1.29, 1.82) is 0 Å². The fraction of sp³-hybridized carbons (Fsp3) is 0.364. The Morgan fingerprint density at radius 1 is 1.40 bits per heavy atom. The van der Waals surface area contributed by atoms with Gasteiger partial charge in [-0.3, -0.25) is 4.79 Å². The molecule has 0 aliphatic carbocycles. The van der Waals surface area contributed by atoms with Crippen molar-refractivity contribution in [3.05, 3.63) is 30.1 Å². The maximum absolute atomic E-state index is 12.7. The molecule has 1 atom stereocenters. The molecule has 0 aromatic heterocycles. The lowest BCUT2D eigenvalue weighted by atomic mass is 10.2. The summed E-state index contributed by atoms with van der Waals surface area (Å²) in [6, 6.07) is 5.58. The minimum absolute atomic E-state index is 0.0133. The maximum atomic E-state index is 12.7. The number of amides is 1. The summed E-state index contributed by atoms with van der Waals surface area (Å²) in [4.78, 5) is 13.1. The van der Waals surface area contributed by atoms with Crippen LogP contribution in [0.2, 0.25) is 0 Å². The number of hydrogen-bond donors (Lipinski definition) is 1. The number of benzene rings is 1. The standard InChI is InChI=1S/C11H12FNO2/c12-8-1-3-9(4-2-8)13-10(7-14)5-6-11(13)15/h1-4,10,14H,5-7H2. The summed E-state index contributed by atoms with van der Waals surface area (Å²) in [7, 11) is 0. The Morgan fingerprint density at radius 2 is 2.07 bits per heavy atom. The zero-order chi connectivity index (χ0) is 10.8. The van der Waals surface area contributed by atoms with E-state index in [0.717, 1.165) is 0 Å². The molecule has 3 nitrogen and oxygen atoms in total. The second kappa shape index (κ2) is 3.98. The molecule has 15 heavy (non-hydrogen) atoms. The van der Waals surface area contributed by atoms with E-state index in [0.29, 0.717) is 18.5 Å². The first kappa shape index (κ1) is 10.1. The first-order valence-corrected chi connectivity index (χ1v) is 4.91. The van der Waals surface area contributed by atoms with Gasteiger partial charge in [-0.1, -0.05) is 0 Å². The molecule has 1 heterocycles. The summed E-state index contributed by atoms with van der Waals surface area (Å²) >= 11 is 0. The fourth-order valence-electron chi connectivity index (χ4n) is 1.87. The van der Waals surface area contributed by atoms with E-state index < -0.39 is 0 Å². The molecule has 1 saturated heterocycles. The quantitative estimate of drug-likeness (QED) is 0.797. The minimum atomic E-state index is -0.328. The van der Waals surface area contributed by atoms with Gasteiger partial charge in [0, 0.05) is 12.1 Å². The number of carbonyl (C=O) groups excluding carboxylic acids is 1. The van der Waals surface area contributed by atoms with Crippen molar-refractivity contribution in [2.24, 2.45) is 0 Å². The SMILES string of the molecule is O=C1CCC(CO)N1c1ccc(F)cc1. The van der Waals surface area contributed by atoms with E-state index in [1.54, 1.807) is 17.0 Å². The number of halogens is 1. The summed E-state index contributed by atoms with van der Waals surface area (Å²) in [5, 5.41) is 9.10. The summed E-state index contributed by atoms with van der Waals surface area (Å²) in [5.74, 6) is -0.341. The maximum Gasteiger partial charge on any atom is 0.227 e. The minimum Gasteiger partial charge on any atom is -0.394 e. The molecule has 2 rings (SSSR count). The van der Waals surface area contributed by atoms with Crippen LogP contribution in [0, 0.1) is 5.82 Å². The van der Waals surface area contributed by atoms with Crippen molar-refractivity contribution < 1.29 is 14.3 Å². The summed E-state index contributed by atoms with van der Waals surface area (Å²) < 4.78 is 12.7. The van der Waals surface area contributed by atoms with Gasteiger partial charge in [0.1, 0.15) is 5.82 Å². The van der Waals surface area contributed by atoms with E-state index in [4.69, 9.17) is 5.11 Å². The van der Waals surface area contributed by atoms with Crippen LogP contribution in [0.5, 0.6) is 0 Å². The topological polar surface area (TPSA) is 40.5 Å². The van der Waals surface area contributed by atoms with Gasteiger partial charge in [-0.2, -0.15) is 0 Å². The molecule has 0 saturated carbocycles. The smallest absolute Gasteiger partial charge is 0.227 e. The van der Waals surface area contributed by atoms with Gasteiger partial charge < -0.3 is 10.0 Å². The summed E-state index contributed by atoms with van der Waals surface area (Å²) in [5.41, 5.74) is 0.651. The van der Waals surface area contributed by atoms with Crippen LogP contribution in [0.4, 0.5) is 10.1 Å². The monoisotopic (exact) mass is 209 g/mol. The van der Waals surface area contributed by atoms with Gasteiger partial charge in [-0.25, -0.2) is 4.39 Å². The average molecular weight is 209 g/mol. The normalized spacial score (nSPS) is 21.1. The predicted octanol–water partition coefficient (Wildman–Crippen LogP) is 1.31. The van der Waals surface area contributed by atoms with E-state index in [2.05, 4.69) is 0 Å². The highest BCUT2D eigenvalue weighted by atomic mass is 19.1. The Labute approximate surface area is 87.1 Å². The second-order valence-electron chi connectivity index (χ2n) is 3.62. The molecule has 80 valence electrons. The number of carbonyl (C=O) groups is 1. The molecule has 1 aromatic carbocycles. The van der Waals surface area contributed by atoms with Crippen LogP contribution in [-0.2, 0) is 4.79 Å². The van der Waals surface area contributed by atoms with Crippen molar-refractivity contribution in [2.75, 3.05) is 11.5 Å². The molecule has 1 fully saturated rings. The zero-order valence-electron chi connectivity index (χ0n) is 8.19. The third kappa shape index (κ3) is 1.85. The molecule has 1 amide bonds. The first-order valence-electron chi connectivity index (χ1n) is 4.91. The van der Waals surface area contributed by atoms with Gasteiger partial charge in [0.25, 0.3) is 0 Å². The van der Waals surface area contributed by atoms with E-state index in [9.17, 15) is 9.18 Å². The fourth-order valence-corrected chi connectivity index (χ4v) is 1.87. The highest BCUT2D eigenvalue weighted by molar-refractivity contribution is 5.96. The van der Waals surface area contributed by atoms with Crippen molar-refractivity contribution >= 4 is 11.6 Å². The number of hydrogen-bond acceptors (Lipinski definition) is 2. The lowest BCUT2D eigenvalue weighted by molar-refractivity contribution is -0.117. The van der Waals surface area contributed by atoms with Crippen molar-refractivity contribution in [3.63, 3.8) is 0 Å². The molecule has 1 aliphatic heterocycles. The van der Waals surface area contributed by atoms with Gasteiger partial charge in [-0.05, 0) is 30.7 Å². The molecule has 1 unspecified atom stereocenters. The average Bonchev–Trinajstić information content (AvgIpc) is 2.61. The molecule has 0 spiro atoms.